The van der Waals surface area contributed by atoms with E-state index in [2.05, 4.69) is 0 Å². The number of sulfonamides is 1. The number of aliphatic carboxylic acids is 1. The van der Waals surface area contributed by atoms with Crippen LogP contribution >= 0.6 is 24.0 Å². The molecular formula is C17H13N2O6S3-. The molecule has 0 unspecified atom stereocenters. The summed E-state index contributed by atoms with van der Waals surface area (Å²) < 4.78 is 28.6. The maximum atomic E-state index is 12.4. The van der Waals surface area contributed by atoms with Crippen molar-refractivity contribution in [3.05, 3.63) is 47.1 Å². The Hall–Kier alpha value is -2.47. The number of hydrogen-bond acceptors (Lipinski definition) is 8. The van der Waals surface area contributed by atoms with Gasteiger partial charge in [-0.05, 0) is 36.4 Å². The molecule has 11 heteroatoms. The number of furan rings is 1. The summed E-state index contributed by atoms with van der Waals surface area (Å²) in [5.41, 5.74) is 0.633. The summed E-state index contributed by atoms with van der Waals surface area (Å²) >= 11 is 6.16. The third-order valence-electron chi connectivity index (χ3n) is 3.78. The SMILES string of the molecule is NS(=O)(=O)c1ccc(-c2ccc(/C=C3/SC(=S)N(CCC(=O)[O-])C3=O)o2)cc1. The minimum Gasteiger partial charge on any atom is -0.550 e. The second-order valence-electron chi connectivity index (χ2n) is 5.73. The van der Waals surface area contributed by atoms with Gasteiger partial charge in [0.1, 0.15) is 15.8 Å². The molecule has 0 aliphatic carbocycles. The van der Waals surface area contributed by atoms with Gasteiger partial charge in [-0.2, -0.15) is 0 Å². The molecule has 1 amide bonds. The Morgan fingerprint density at radius 2 is 1.93 bits per heavy atom. The highest BCUT2D eigenvalue weighted by Gasteiger charge is 2.31. The molecular weight excluding hydrogens is 424 g/mol. The van der Waals surface area contributed by atoms with Gasteiger partial charge in [0.25, 0.3) is 5.91 Å². The molecule has 1 aliphatic heterocycles. The molecule has 3 rings (SSSR count). The highest BCUT2D eigenvalue weighted by atomic mass is 32.2. The van der Waals surface area contributed by atoms with Crippen molar-refractivity contribution in [2.75, 3.05) is 6.54 Å². The van der Waals surface area contributed by atoms with Crippen molar-refractivity contribution in [3.63, 3.8) is 0 Å². The quantitative estimate of drug-likeness (QED) is 0.521. The average Bonchev–Trinajstić information content (AvgIpc) is 3.18. The van der Waals surface area contributed by atoms with E-state index in [1.165, 1.54) is 23.1 Å². The third-order valence-corrected chi connectivity index (χ3v) is 6.09. The highest BCUT2D eigenvalue weighted by Crippen LogP contribution is 2.33. The molecule has 146 valence electrons. The molecule has 0 bridgehead atoms. The fourth-order valence-corrected chi connectivity index (χ4v) is 4.22. The maximum Gasteiger partial charge on any atom is 0.266 e. The number of nitrogens with two attached hydrogens (primary N) is 1. The second-order valence-corrected chi connectivity index (χ2v) is 8.96. The van der Waals surface area contributed by atoms with Gasteiger partial charge in [0.15, 0.2) is 0 Å². The topological polar surface area (TPSA) is 134 Å². The predicted molar refractivity (Wildman–Crippen MR) is 105 cm³/mol. The first-order valence-corrected chi connectivity index (χ1v) is 10.6. The van der Waals surface area contributed by atoms with Gasteiger partial charge in [0, 0.05) is 30.6 Å². The van der Waals surface area contributed by atoms with Crippen LogP contribution in [0.15, 0.2) is 50.6 Å². The van der Waals surface area contributed by atoms with Crippen molar-refractivity contribution in [2.24, 2.45) is 5.14 Å². The lowest BCUT2D eigenvalue weighted by Gasteiger charge is -2.14. The van der Waals surface area contributed by atoms with Crippen molar-refractivity contribution < 1.29 is 27.5 Å². The smallest absolute Gasteiger partial charge is 0.266 e. The minimum absolute atomic E-state index is 0.0109. The normalized spacial score (nSPS) is 16.2. The Labute approximate surface area is 170 Å². The van der Waals surface area contributed by atoms with Crippen LogP contribution in [-0.2, 0) is 19.6 Å². The van der Waals surface area contributed by atoms with Crippen LogP contribution in [0.2, 0.25) is 0 Å². The molecule has 1 fully saturated rings. The summed E-state index contributed by atoms with van der Waals surface area (Å²) in [6.45, 7) is -0.0514. The van der Waals surface area contributed by atoms with Gasteiger partial charge >= 0.3 is 0 Å². The summed E-state index contributed by atoms with van der Waals surface area (Å²) in [4.78, 5) is 24.5. The van der Waals surface area contributed by atoms with Gasteiger partial charge in [0.05, 0.1) is 9.80 Å². The number of thiocarbonyl (C=S) groups is 1. The zero-order valence-corrected chi connectivity index (χ0v) is 16.6. The highest BCUT2D eigenvalue weighted by molar-refractivity contribution is 8.26. The van der Waals surface area contributed by atoms with Gasteiger partial charge in [-0.15, -0.1) is 0 Å². The molecule has 1 aromatic carbocycles. The average molecular weight is 438 g/mol. The lowest BCUT2D eigenvalue weighted by atomic mass is 10.2. The van der Waals surface area contributed by atoms with Crippen LogP contribution in [0, 0.1) is 0 Å². The number of carbonyl (C=O) groups excluding carboxylic acids is 2. The van der Waals surface area contributed by atoms with Crippen LogP contribution in [0.1, 0.15) is 12.2 Å². The number of amides is 1. The van der Waals surface area contributed by atoms with Gasteiger partial charge in [0.2, 0.25) is 10.0 Å². The summed E-state index contributed by atoms with van der Waals surface area (Å²) in [5, 5.41) is 15.7. The molecule has 1 aromatic heterocycles. The number of thioether (sulfide) groups is 1. The van der Waals surface area contributed by atoms with E-state index in [9.17, 15) is 23.1 Å². The Kier molecular flexibility index (Phi) is 5.70. The molecule has 2 heterocycles. The van der Waals surface area contributed by atoms with Crippen molar-refractivity contribution in [2.45, 2.75) is 11.3 Å². The van der Waals surface area contributed by atoms with E-state index >= 15 is 0 Å². The summed E-state index contributed by atoms with van der Waals surface area (Å²) in [5.74, 6) is -0.792. The second kappa shape index (κ2) is 7.87. The van der Waals surface area contributed by atoms with E-state index in [4.69, 9.17) is 21.8 Å². The lowest BCUT2D eigenvalue weighted by molar-refractivity contribution is -0.305. The van der Waals surface area contributed by atoms with Crippen molar-refractivity contribution in [1.29, 1.82) is 0 Å². The third kappa shape index (κ3) is 4.50. The van der Waals surface area contributed by atoms with Crippen molar-refractivity contribution >= 4 is 56.3 Å². The van der Waals surface area contributed by atoms with Crippen LogP contribution in [0.3, 0.4) is 0 Å². The number of carboxylic acids is 1. The zero-order chi connectivity index (χ0) is 20.5. The minimum atomic E-state index is -3.78. The molecule has 0 spiro atoms. The Morgan fingerprint density at radius 3 is 2.54 bits per heavy atom. The van der Waals surface area contributed by atoms with E-state index in [1.807, 2.05) is 0 Å². The fourth-order valence-electron chi connectivity index (χ4n) is 2.42. The number of hydrogen-bond donors (Lipinski definition) is 1. The van der Waals surface area contributed by atoms with Gasteiger partial charge in [-0.25, -0.2) is 13.6 Å². The van der Waals surface area contributed by atoms with Crippen LogP contribution in [0.5, 0.6) is 0 Å². The van der Waals surface area contributed by atoms with E-state index in [0.717, 1.165) is 11.8 Å². The molecule has 8 nitrogen and oxygen atoms in total. The Bertz CT molecular complexity index is 1090. The Balaban J connectivity index is 1.78. The standard InChI is InChI=1S/C17H14N2O6S3/c18-28(23,24)12-4-1-10(2-5-12)13-6-3-11(25-13)9-14-16(22)19(17(26)27-14)8-7-15(20)21/h1-6,9H,7-8H2,(H,20,21)(H2,18,23,24)/p-1/b14-9+. The number of carboxylic acid groups (broad SMARTS) is 1. The van der Waals surface area contributed by atoms with Gasteiger partial charge in [-0.1, -0.05) is 24.0 Å². The monoisotopic (exact) mass is 437 g/mol. The summed E-state index contributed by atoms with van der Waals surface area (Å²) in [6.07, 6.45) is 1.21. The van der Waals surface area contributed by atoms with Crippen LogP contribution < -0.4 is 10.2 Å². The maximum absolute atomic E-state index is 12.4. The zero-order valence-electron chi connectivity index (χ0n) is 14.2. The molecule has 2 N–H and O–H groups in total. The molecule has 1 aliphatic rings. The molecule has 0 atom stereocenters. The molecule has 2 aromatic rings. The molecule has 1 saturated heterocycles. The van der Waals surface area contributed by atoms with Gasteiger partial charge in [-0.3, -0.25) is 9.69 Å². The number of nitrogens with zero attached hydrogens (tertiary/aromatic N) is 1. The van der Waals surface area contributed by atoms with Crippen LogP contribution in [-0.4, -0.2) is 36.1 Å². The van der Waals surface area contributed by atoms with E-state index < -0.39 is 21.9 Å². The number of primary sulfonamides is 1. The summed E-state index contributed by atoms with van der Waals surface area (Å²) in [6, 6.07) is 9.18. The number of rotatable bonds is 6. The fraction of sp³-hybridized carbons (Fsp3) is 0.118. The Morgan fingerprint density at radius 1 is 1.25 bits per heavy atom. The van der Waals surface area contributed by atoms with E-state index in [-0.39, 0.29) is 22.2 Å². The van der Waals surface area contributed by atoms with E-state index in [1.54, 1.807) is 24.3 Å². The lowest BCUT2D eigenvalue weighted by Crippen LogP contribution is -2.33. The van der Waals surface area contributed by atoms with Crippen LogP contribution in [0.25, 0.3) is 17.4 Å². The first-order chi connectivity index (χ1) is 13.1. The molecule has 0 radical (unpaired) electrons. The summed E-state index contributed by atoms with van der Waals surface area (Å²) in [7, 11) is -3.78. The number of benzene rings is 1. The predicted octanol–water partition coefficient (Wildman–Crippen LogP) is 0.935. The molecule has 0 saturated carbocycles. The van der Waals surface area contributed by atoms with Crippen molar-refractivity contribution in [1.82, 2.24) is 4.90 Å². The van der Waals surface area contributed by atoms with E-state index in [0.29, 0.717) is 22.0 Å². The van der Waals surface area contributed by atoms with Crippen LogP contribution in [0.4, 0.5) is 0 Å². The van der Waals surface area contributed by atoms with Crippen molar-refractivity contribution in [3.8, 4) is 11.3 Å². The number of carbonyl (C=O) groups is 2. The first-order valence-electron chi connectivity index (χ1n) is 7.83. The van der Waals surface area contributed by atoms with Gasteiger partial charge < -0.3 is 14.3 Å². The first kappa shape index (κ1) is 20.3. The largest absolute Gasteiger partial charge is 0.550 e. The molecule has 28 heavy (non-hydrogen) atoms.